The molecule has 1 heterocycles. The average Bonchev–Trinajstić information content (AvgIpc) is 2.68. The van der Waals surface area contributed by atoms with E-state index in [-0.39, 0.29) is 22.1 Å². The first-order chi connectivity index (χ1) is 8.00. The summed E-state index contributed by atoms with van der Waals surface area (Å²) in [6.07, 6.45) is 0. The molecule has 0 aliphatic rings. The standard InChI is InChI=1S/C11H10F2N2OS/c1-5(2)6-3-4-7(12)9(13)8(6)10-14-11(17)16-15-10/h3-5H,1-2H3,(H,14,15,17). The minimum atomic E-state index is -0.948. The topological polar surface area (TPSA) is 41.8 Å². The predicted molar refractivity (Wildman–Crippen MR) is 61.1 cm³/mol. The maximum absolute atomic E-state index is 13.8. The number of H-pyrrole nitrogens is 1. The van der Waals surface area contributed by atoms with Gasteiger partial charge in [0.05, 0.1) is 5.56 Å². The molecule has 0 spiro atoms. The molecule has 0 aliphatic carbocycles. The number of benzene rings is 1. The van der Waals surface area contributed by atoms with Crippen molar-refractivity contribution >= 4 is 12.2 Å². The van der Waals surface area contributed by atoms with Crippen LogP contribution in [0.3, 0.4) is 0 Å². The van der Waals surface area contributed by atoms with Gasteiger partial charge in [-0.15, -0.1) is 0 Å². The van der Waals surface area contributed by atoms with E-state index in [9.17, 15) is 8.78 Å². The lowest BCUT2D eigenvalue weighted by atomic mass is 9.96. The predicted octanol–water partition coefficient (Wildman–Crippen LogP) is 3.80. The van der Waals surface area contributed by atoms with Crippen molar-refractivity contribution in [1.82, 2.24) is 10.1 Å². The Hall–Kier alpha value is -1.56. The second-order valence-corrected chi connectivity index (χ2v) is 4.26. The van der Waals surface area contributed by atoms with Crippen LogP contribution >= 0.6 is 12.2 Å². The fraction of sp³-hybridized carbons (Fsp3) is 0.273. The van der Waals surface area contributed by atoms with E-state index in [0.29, 0.717) is 5.56 Å². The van der Waals surface area contributed by atoms with E-state index < -0.39 is 11.6 Å². The van der Waals surface area contributed by atoms with E-state index in [1.54, 1.807) is 0 Å². The SMILES string of the molecule is CC(C)c1ccc(F)c(F)c1-c1nc(=S)o[nH]1. The molecule has 0 atom stereocenters. The van der Waals surface area contributed by atoms with Gasteiger partial charge in [-0.3, -0.25) is 0 Å². The second-order valence-electron chi connectivity index (χ2n) is 3.91. The first kappa shape index (κ1) is 11.9. The lowest BCUT2D eigenvalue weighted by Gasteiger charge is -2.11. The Morgan fingerprint density at radius 2 is 2.06 bits per heavy atom. The lowest BCUT2D eigenvalue weighted by molar-refractivity contribution is 0.405. The third-order valence-electron chi connectivity index (χ3n) is 2.42. The first-order valence-corrected chi connectivity index (χ1v) is 5.45. The number of rotatable bonds is 2. The van der Waals surface area contributed by atoms with E-state index in [0.717, 1.165) is 6.07 Å². The number of nitrogens with zero attached hydrogens (tertiary/aromatic N) is 1. The zero-order valence-electron chi connectivity index (χ0n) is 9.25. The summed E-state index contributed by atoms with van der Waals surface area (Å²) >= 11 is 4.69. The molecule has 0 aliphatic heterocycles. The zero-order chi connectivity index (χ0) is 12.6. The molecule has 0 amide bonds. The average molecular weight is 256 g/mol. The Kier molecular flexibility index (Phi) is 3.06. The van der Waals surface area contributed by atoms with Crippen LogP contribution in [-0.2, 0) is 0 Å². The van der Waals surface area contributed by atoms with Gasteiger partial charge in [-0.2, -0.15) is 4.98 Å². The molecule has 0 fully saturated rings. The van der Waals surface area contributed by atoms with Crippen molar-refractivity contribution in [3.05, 3.63) is 34.2 Å². The molecule has 1 aromatic carbocycles. The van der Waals surface area contributed by atoms with Crippen LogP contribution in [0.1, 0.15) is 25.3 Å². The normalized spacial score (nSPS) is 11.1. The third kappa shape index (κ3) is 2.12. The highest BCUT2D eigenvalue weighted by atomic mass is 32.1. The molecule has 0 saturated heterocycles. The summed E-state index contributed by atoms with van der Waals surface area (Å²) in [6.45, 7) is 3.76. The highest BCUT2D eigenvalue weighted by Gasteiger charge is 2.19. The highest BCUT2D eigenvalue weighted by Crippen LogP contribution is 2.30. The van der Waals surface area contributed by atoms with Crippen molar-refractivity contribution in [2.24, 2.45) is 0 Å². The highest BCUT2D eigenvalue weighted by molar-refractivity contribution is 7.71. The number of halogens is 2. The molecule has 2 aromatic rings. The Labute approximate surface area is 101 Å². The van der Waals surface area contributed by atoms with Crippen LogP contribution < -0.4 is 0 Å². The van der Waals surface area contributed by atoms with Crippen molar-refractivity contribution in [1.29, 1.82) is 0 Å². The minimum absolute atomic E-state index is 0.0266. The summed E-state index contributed by atoms with van der Waals surface area (Å²) in [5, 5.41) is 2.39. The van der Waals surface area contributed by atoms with Gasteiger partial charge in [0.2, 0.25) is 0 Å². The molecule has 0 saturated carbocycles. The molecule has 3 nitrogen and oxygen atoms in total. The quantitative estimate of drug-likeness (QED) is 0.831. The Balaban J connectivity index is 2.73. The van der Waals surface area contributed by atoms with Gasteiger partial charge in [0, 0.05) is 0 Å². The van der Waals surface area contributed by atoms with Crippen LogP contribution in [0, 0.1) is 16.5 Å². The van der Waals surface area contributed by atoms with E-state index in [2.05, 4.69) is 10.1 Å². The Morgan fingerprint density at radius 1 is 1.35 bits per heavy atom. The van der Waals surface area contributed by atoms with Gasteiger partial charge in [0.15, 0.2) is 17.5 Å². The summed E-state index contributed by atoms with van der Waals surface area (Å²) in [6, 6.07) is 2.63. The summed E-state index contributed by atoms with van der Waals surface area (Å²) in [5.41, 5.74) is 0.711. The van der Waals surface area contributed by atoms with E-state index in [1.165, 1.54) is 6.07 Å². The van der Waals surface area contributed by atoms with Crippen LogP contribution in [0.4, 0.5) is 8.78 Å². The van der Waals surface area contributed by atoms with Gasteiger partial charge in [-0.05, 0) is 29.8 Å². The number of hydrogen-bond donors (Lipinski definition) is 1. The van der Waals surface area contributed by atoms with Crippen molar-refractivity contribution in [3.63, 3.8) is 0 Å². The third-order valence-corrected chi connectivity index (χ3v) is 2.60. The van der Waals surface area contributed by atoms with Crippen molar-refractivity contribution < 1.29 is 13.3 Å². The van der Waals surface area contributed by atoms with Crippen LogP contribution in [0.25, 0.3) is 11.4 Å². The fourth-order valence-corrected chi connectivity index (χ4v) is 1.76. The molecule has 17 heavy (non-hydrogen) atoms. The monoisotopic (exact) mass is 256 g/mol. The molecule has 6 heteroatoms. The van der Waals surface area contributed by atoms with Gasteiger partial charge in [-0.25, -0.2) is 13.9 Å². The summed E-state index contributed by atoms with van der Waals surface area (Å²) in [5.74, 6) is -1.74. The summed E-state index contributed by atoms with van der Waals surface area (Å²) in [7, 11) is 0. The Morgan fingerprint density at radius 3 is 2.59 bits per heavy atom. The number of aromatic amines is 1. The minimum Gasteiger partial charge on any atom is -0.348 e. The van der Waals surface area contributed by atoms with Crippen LogP contribution in [-0.4, -0.2) is 10.1 Å². The van der Waals surface area contributed by atoms with Gasteiger partial charge < -0.3 is 4.52 Å². The summed E-state index contributed by atoms with van der Waals surface area (Å²) < 4.78 is 31.8. The lowest BCUT2D eigenvalue weighted by Crippen LogP contribution is -1.99. The van der Waals surface area contributed by atoms with Crippen LogP contribution in [0.15, 0.2) is 16.7 Å². The molecule has 90 valence electrons. The largest absolute Gasteiger partial charge is 0.348 e. The van der Waals surface area contributed by atoms with Gasteiger partial charge in [0.1, 0.15) is 0 Å². The van der Waals surface area contributed by atoms with E-state index in [1.807, 2.05) is 13.8 Å². The second kappa shape index (κ2) is 4.37. The maximum Gasteiger partial charge on any atom is 0.314 e. The molecule has 0 radical (unpaired) electrons. The number of nitrogens with one attached hydrogen (secondary N) is 1. The summed E-state index contributed by atoms with van der Waals surface area (Å²) in [4.78, 5) is 3.77. The first-order valence-electron chi connectivity index (χ1n) is 5.04. The van der Waals surface area contributed by atoms with Gasteiger partial charge >= 0.3 is 4.84 Å². The van der Waals surface area contributed by atoms with Crippen LogP contribution in [0.2, 0.25) is 0 Å². The molecule has 1 N–H and O–H groups in total. The maximum atomic E-state index is 13.8. The smallest absolute Gasteiger partial charge is 0.314 e. The zero-order valence-corrected chi connectivity index (χ0v) is 10.1. The van der Waals surface area contributed by atoms with E-state index >= 15 is 0 Å². The molecular weight excluding hydrogens is 246 g/mol. The van der Waals surface area contributed by atoms with Crippen LogP contribution in [0.5, 0.6) is 0 Å². The Bertz CT molecular complexity index is 604. The molecular formula is C11H10F2N2OS. The number of aromatic nitrogens is 2. The van der Waals surface area contributed by atoms with E-state index in [4.69, 9.17) is 16.7 Å². The van der Waals surface area contributed by atoms with Crippen molar-refractivity contribution in [2.75, 3.05) is 0 Å². The van der Waals surface area contributed by atoms with Gasteiger partial charge in [0.25, 0.3) is 0 Å². The molecule has 0 bridgehead atoms. The fourth-order valence-electron chi connectivity index (χ4n) is 1.62. The van der Waals surface area contributed by atoms with Crippen molar-refractivity contribution in [3.8, 4) is 11.4 Å². The molecule has 2 rings (SSSR count). The van der Waals surface area contributed by atoms with Gasteiger partial charge in [-0.1, -0.05) is 19.9 Å². The molecule has 1 aromatic heterocycles. The molecule has 0 unspecified atom stereocenters. The van der Waals surface area contributed by atoms with Crippen molar-refractivity contribution in [2.45, 2.75) is 19.8 Å². The number of hydrogen-bond acceptors (Lipinski definition) is 3.